The molecular weight excluding hydrogens is 218 g/mol. The maximum atomic E-state index is 11.1. The van der Waals surface area contributed by atoms with Gasteiger partial charge in [-0.3, -0.25) is 0 Å². The highest BCUT2D eigenvalue weighted by Crippen LogP contribution is 2.35. The van der Waals surface area contributed by atoms with Crippen LogP contribution in [-0.4, -0.2) is 22.2 Å². The Morgan fingerprint density at radius 1 is 1.29 bits per heavy atom. The molecular formula is C13H11NO3. The van der Waals surface area contributed by atoms with Gasteiger partial charge in [-0.2, -0.15) is 0 Å². The molecule has 0 fully saturated rings. The second kappa shape index (κ2) is 3.66. The van der Waals surface area contributed by atoms with E-state index in [0.29, 0.717) is 6.61 Å². The van der Waals surface area contributed by atoms with Crippen molar-refractivity contribution in [1.29, 1.82) is 0 Å². The lowest BCUT2D eigenvalue weighted by molar-refractivity contribution is 0.0683. The van der Waals surface area contributed by atoms with Crippen LogP contribution in [0.3, 0.4) is 0 Å². The summed E-state index contributed by atoms with van der Waals surface area (Å²) < 4.78 is 7.30. The Bertz CT molecular complexity index is 574. The quantitative estimate of drug-likeness (QED) is 0.858. The van der Waals surface area contributed by atoms with Crippen molar-refractivity contribution in [2.45, 2.75) is 6.04 Å². The number of benzene rings is 1. The number of hydrogen-bond acceptors (Lipinski definition) is 2. The molecule has 4 nitrogen and oxygen atoms in total. The molecule has 0 radical (unpaired) electrons. The largest absolute Gasteiger partial charge is 0.491 e. The van der Waals surface area contributed by atoms with Crippen LogP contribution in [0.5, 0.6) is 5.75 Å². The lowest BCUT2D eigenvalue weighted by Crippen LogP contribution is -2.16. The first-order chi connectivity index (χ1) is 8.27. The summed E-state index contributed by atoms with van der Waals surface area (Å²) in [5.74, 6) is -0.0816. The maximum Gasteiger partial charge on any atom is 0.352 e. The van der Waals surface area contributed by atoms with E-state index in [4.69, 9.17) is 9.84 Å². The topological polar surface area (TPSA) is 51.5 Å². The molecule has 2 heterocycles. The van der Waals surface area contributed by atoms with E-state index >= 15 is 0 Å². The number of para-hydroxylation sites is 1. The van der Waals surface area contributed by atoms with Crippen molar-refractivity contribution < 1.29 is 14.6 Å². The second-order valence-corrected chi connectivity index (χ2v) is 3.97. The third kappa shape index (κ3) is 1.49. The van der Waals surface area contributed by atoms with Gasteiger partial charge in [0.1, 0.15) is 18.1 Å². The Morgan fingerprint density at radius 2 is 2.12 bits per heavy atom. The predicted octanol–water partition coefficient (Wildman–Crippen LogP) is 2.17. The van der Waals surface area contributed by atoms with E-state index in [-0.39, 0.29) is 11.7 Å². The van der Waals surface area contributed by atoms with Gasteiger partial charge in [-0.25, -0.2) is 4.79 Å². The standard InChI is InChI=1S/C13H11NO3/c15-13(16)10-5-3-7-14(10)11-8-17-12-6-2-1-4-9(11)12/h1-7,11H,8H2,(H,15,16). The van der Waals surface area contributed by atoms with Gasteiger partial charge >= 0.3 is 5.97 Å². The molecule has 17 heavy (non-hydrogen) atoms. The van der Waals surface area contributed by atoms with Crippen LogP contribution in [-0.2, 0) is 0 Å². The smallest absolute Gasteiger partial charge is 0.352 e. The monoisotopic (exact) mass is 229 g/mol. The van der Waals surface area contributed by atoms with Gasteiger partial charge in [0.25, 0.3) is 0 Å². The van der Waals surface area contributed by atoms with Gasteiger partial charge in [-0.1, -0.05) is 18.2 Å². The SMILES string of the molecule is O=C(O)c1cccn1C1COc2ccccc21. The summed E-state index contributed by atoms with van der Waals surface area (Å²) in [5.41, 5.74) is 1.32. The highest BCUT2D eigenvalue weighted by atomic mass is 16.5. The van der Waals surface area contributed by atoms with Crippen molar-refractivity contribution in [3.8, 4) is 5.75 Å². The Hall–Kier alpha value is -2.23. The summed E-state index contributed by atoms with van der Waals surface area (Å²) >= 11 is 0. The van der Waals surface area contributed by atoms with Crippen LogP contribution < -0.4 is 4.74 Å². The van der Waals surface area contributed by atoms with Crippen molar-refractivity contribution >= 4 is 5.97 Å². The van der Waals surface area contributed by atoms with Crippen LogP contribution in [0.2, 0.25) is 0 Å². The minimum Gasteiger partial charge on any atom is -0.491 e. The van der Waals surface area contributed by atoms with E-state index in [1.54, 1.807) is 22.9 Å². The van der Waals surface area contributed by atoms with E-state index in [9.17, 15) is 4.79 Å². The van der Waals surface area contributed by atoms with Gasteiger partial charge in [0, 0.05) is 11.8 Å². The highest BCUT2D eigenvalue weighted by molar-refractivity contribution is 5.86. The Labute approximate surface area is 98.1 Å². The molecule has 1 unspecified atom stereocenters. The predicted molar refractivity (Wildman–Crippen MR) is 61.5 cm³/mol. The van der Waals surface area contributed by atoms with Crippen LogP contribution in [0.15, 0.2) is 42.6 Å². The number of aromatic carboxylic acids is 1. The van der Waals surface area contributed by atoms with Crippen molar-refractivity contribution in [3.63, 3.8) is 0 Å². The third-order valence-electron chi connectivity index (χ3n) is 3.01. The van der Waals surface area contributed by atoms with Gasteiger partial charge in [0.05, 0.1) is 6.04 Å². The van der Waals surface area contributed by atoms with Crippen LogP contribution >= 0.6 is 0 Å². The summed E-state index contributed by atoms with van der Waals surface area (Å²) in [6.07, 6.45) is 1.78. The van der Waals surface area contributed by atoms with Crippen molar-refractivity contribution in [2.24, 2.45) is 0 Å². The van der Waals surface area contributed by atoms with Crippen LogP contribution in [0.1, 0.15) is 22.1 Å². The zero-order valence-electron chi connectivity index (χ0n) is 9.04. The fraction of sp³-hybridized carbons (Fsp3) is 0.154. The Morgan fingerprint density at radius 3 is 2.94 bits per heavy atom. The molecule has 0 spiro atoms. The molecule has 0 amide bonds. The number of nitrogens with zero attached hydrogens (tertiary/aromatic N) is 1. The summed E-state index contributed by atoms with van der Waals surface area (Å²) in [6, 6.07) is 11.0. The molecule has 0 bridgehead atoms. The van der Waals surface area contributed by atoms with Crippen molar-refractivity contribution in [2.75, 3.05) is 6.61 Å². The average molecular weight is 229 g/mol. The zero-order valence-corrected chi connectivity index (χ0v) is 9.04. The van der Waals surface area contributed by atoms with Gasteiger partial charge in [0.2, 0.25) is 0 Å². The normalized spacial score (nSPS) is 17.5. The van der Waals surface area contributed by atoms with Crippen molar-refractivity contribution in [3.05, 3.63) is 53.9 Å². The molecule has 0 aliphatic carbocycles. The number of carboxylic acid groups (broad SMARTS) is 1. The van der Waals surface area contributed by atoms with E-state index in [1.165, 1.54) is 0 Å². The number of rotatable bonds is 2. The average Bonchev–Trinajstić information content (AvgIpc) is 2.94. The van der Waals surface area contributed by atoms with E-state index in [0.717, 1.165) is 11.3 Å². The van der Waals surface area contributed by atoms with E-state index in [1.807, 2.05) is 24.3 Å². The molecule has 1 aromatic carbocycles. The molecule has 0 saturated heterocycles. The molecule has 0 saturated carbocycles. The van der Waals surface area contributed by atoms with Crippen molar-refractivity contribution in [1.82, 2.24) is 4.57 Å². The van der Waals surface area contributed by atoms with Gasteiger partial charge in [0.15, 0.2) is 0 Å². The van der Waals surface area contributed by atoms with Gasteiger partial charge in [-0.15, -0.1) is 0 Å². The summed E-state index contributed by atoms with van der Waals surface area (Å²) in [5, 5.41) is 9.10. The first-order valence-electron chi connectivity index (χ1n) is 5.39. The van der Waals surface area contributed by atoms with Gasteiger partial charge in [-0.05, 0) is 18.2 Å². The number of ether oxygens (including phenoxy) is 1. The number of carboxylic acids is 1. The first kappa shape index (κ1) is 9.96. The van der Waals surface area contributed by atoms with Gasteiger partial charge < -0.3 is 14.4 Å². The first-order valence-corrected chi connectivity index (χ1v) is 5.39. The minimum atomic E-state index is -0.917. The lowest BCUT2D eigenvalue weighted by Gasteiger charge is -2.13. The molecule has 1 aromatic heterocycles. The maximum absolute atomic E-state index is 11.1. The fourth-order valence-corrected chi connectivity index (χ4v) is 2.22. The Kier molecular flexibility index (Phi) is 2.14. The van der Waals surface area contributed by atoms with Crippen LogP contribution in [0, 0.1) is 0 Å². The van der Waals surface area contributed by atoms with E-state index < -0.39 is 5.97 Å². The second-order valence-electron chi connectivity index (χ2n) is 3.97. The molecule has 3 rings (SSSR count). The number of aromatic nitrogens is 1. The summed E-state index contributed by atoms with van der Waals surface area (Å²) in [4.78, 5) is 11.1. The minimum absolute atomic E-state index is 0.0488. The Balaban J connectivity index is 2.07. The fourth-order valence-electron chi connectivity index (χ4n) is 2.22. The molecule has 1 atom stereocenters. The van der Waals surface area contributed by atoms with Crippen LogP contribution in [0.25, 0.3) is 0 Å². The molecule has 2 aromatic rings. The molecule has 86 valence electrons. The molecule has 4 heteroatoms. The molecule has 1 aliphatic heterocycles. The molecule has 1 N–H and O–H groups in total. The number of fused-ring (bicyclic) bond motifs is 1. The summed E-state index contributed by atoms with van der Waals surface area (Å²) in [7, 11) is 0. The summed E-state index contributed by atoms with van der Waals surface area (Å²) in [6.45, 7) is 0.480. The lowest BCUT2D eigenvalue weighted by atomic mass is 10.1. The third-order valence-corrected chi connectivity index (χ3v) is 3.01. The van der Waals surface area contributed by atoms with Crippen LogP contribution in [0.4, 0.5) is 0 Å². The molecule has 1 aliphatic rings. The zero-order chi connectivity index (χ0) is 11.8. The number of carbonyl (C=O) groups is 1. The highest BCUT2D eigenvalue weighted by Gasteiger charge is 2.27. The number of hydrogen-bond donors (Lipinski definition) is 1. The van der Waals surface area contributed by atoms with E-state index in [2.05, 4.69) is 0 Å².